The van der Waals surface area contributed by atoms with Gasteiger partial charge in [-0.3, -0.25) is 0 Å². The summed E-state index contributed by atoms with van der Waals surface area (Å²) in [6, 6.07) is 2.16. The molecule has 0 atom stereocenters. The third kappa shape index (κ3) is 2.77. The number of nitrogens with zero attached hydrogens (tertiary/aromatic N) is 4. The quantitative estimate of drug-likeness (QED) is 0.582. The Morgan fingerprint density at radius 2 is 2.20 bits per heavy atom. The van der Waals surface area contributed by atoms with E-state index in [1.807, 2.05) is 32.8 Å². The maximum absolute atomic E-state index is 9.03. The van der Waals surface area contributed by atoms with Crippen molar-refractivity contribution in [3.05, 3.63) is 11.3 Å². The Morgan fingerprint density at radius 3 is 2.67 bits per heavy atom. The minimum atomic E-state index is 0.263. The van der Waals surface area contributed by atoms with Crippen LogP contribution < -0.4 is 0 Å². The molecule has 0 fully saturated rings. The predicted octanol–water partition coefficient (Wildman–Crippen LogP) is 2.36. The van der Waals surface area contributed by atoms with Gasteiger partial charge < -0.3 is 4.90 Å². The van der Waals surface area contributed by atoms with Crippen LogP contribution in [0.1, 0.15) is 31.0 Å². The standard InChI is InChI=1S/C10H14N4S/c1-7(2)9-8(5-11)10(15-13-9)12-6-14(3)4/h6-7H,1-4H3/b12-6-. The van der Waals surface area contributed by atoms with Crippen molar-refractivity contribution in [1.82, 2.24) is 9.27 Å². The van der Waals surface area contributed by atoms with Crippen LogP contribution in [0, 0.1) is 11.3 Å². The second-order valence-electron chi connectivity index (χ2n) is 3.72. The van der Waals surface area contributed by atoms with Crippen molar-refractivity contribution in [3.8, 4) is 6.07 Å². The Balaban J connectivity index is 3.06. The van der Waals surface area contributed by atoms with Gasteiger partial charge >= 0.3 is 0 Å². The maximum Gasteiger partial charge on any atom is 0.155 e. The van der Waals surface area contributed by atoms with E-state index >= 15 is 0 Å². The van der Waals surface area contributed by atoms with Gasteiger partial charge in [0.25, 0.3) is 0 Å². The van der Waals surface area contributed by atoms with Crippen molar-refractivity contribution >= 4 is 22.9 Å². The average Bonchev–Trinajstić information content (AvgIpc) is 2.57. The molecule has 0 bridgehead atoms. The molecule has 0 aliphatic heterocycles. The van der Waals surface area contributed by atoms with Crippen molar-refractivity contribution in [1.29, 1.82) is 5.26 Å². The zero-order chi connectivity index (χ0) is 11.4. The van der Waals surface area contributed by atoms with Crippen molar-refractivity contribution < 1.29 is 0 Å². The highest BCUT2D eigenvalue weighted by Crippen LogP contribution is 2.30. The highest BCUT2D eigenvalue weighted by Gasteiger charge is 2.15. The molecule has 0 saturated carbocycles. The Labute approximate surface area is 94.0 Å². The third-order valence-corrected chi connectivity index (χ3v) is 2.54. The van der Waals surface area contributed by atoms with E-state index in [1.54, 1.807) is 6.34 Å². The van der Waals surface area contributed by atoms with Crippen molar-refractivity contribution in [3.63, 3.8) is 0 Å². The molecule has 4 nitrogen and oxygen atoms in total. The minimum Gasteiger partial charge on any atom is -0.369 e. The summed E-state index contributed by atoms with van der Waals surface area (Å²) in [5, 5.41) is 9.72. The summed E-state index contributed by atoms with van der Waals surface area (Å²) in [5.74, 6) is 0.263. The molecular formula is C10H14N4S. The van der Waals surface area contributed by atoms with Gasteiger partial charge in [-0.05, 0) is 17.5 Å². The summed E-state index contributed by atoms with van der Waals surface area (Å²) < 4.78 is 4.25. The van der Waals surface area contributed by atoms with Gasteiger partial charge in [-0.1, -0.05) is 13.8 Å². The zero-order valence-corrected chi connectivity index (χ0v) is 10.2. The van der Waals surface area contributed by atoms with E-state index in [9.17, 15) is 0 Å². The van der Waals surface area contributed by atoms with Gasteiger partial charge in [-0.2, -0.15) is 9.64 Å². The molecule has 0 N–H and O–H groups in total. The summed E-state index contributed by atoms with van der Waals surface area (Å²) in [4.78, 5) is 6.04. The van der Waals surface area contributed by atoms with E-state index in [0.29, 0.717) is 10.6 Å². The molecule has 0 saturated heterocycles. The van der Waals surface area contributed by atoms with Crippen LogP contribution in [-0.2, 0) is 0 Å². The lowest BCUT2D eigenvalue weighted by molar-refractivity contribution is 0.643. The molecule has 15 heavy (non-hydrogen) atoms. The topological polar surface area (TPSA) is 52.3 Å². The van der Waals surface area contributed by atoms with E-state index in [4.69, 9.17) is 5.26 Å². The molecular weight excluding hydrogens is 208 g/mol. The van der Waals surface area contributed by atoms with Crippen LogP contribution in [0.2, 0.25) is 0 Å². The predicted molar refractivity (Wildman–Crippen MR) is 62.8 cm³/mol. The number of nitriles is 1. The van der Waals surface area contributed by atoms with Crippen LogP contribution in [0.4, 0.5) is 5.00 Å². The lowest BCUT2D eigenvalue weighted by atomic mass is 10.1. The smallest absolute Gasteiger partial charge is 0.155 e. The number of rotatable bonds is 3. The van der Waals surface area contributed by atoms with Gasteiger partial charge in [0, 0.05) is 14.1 Å². The first kappa shape index (κ1) is 11.7. The first-order chi connectivity index (χ1) is 7.06. The molecule has 0 aromatic carbocycles. The molecule has 0 aliphatic rings. The van der Waals surface area contributed by atoms with Crippen LogP contribution in [0.3, 0.4) is 0 Å². The van der Waals surface area contributed by atoms with Crippen LogP contribution in [0.25, 0.3) is 0 Å². The average molecular weight is 222 g/mol. The van der Waals surface area contributed by atoms with Crippen LogP contribution >= 0.6 is 11.5 Å². The molecule has 5 heteroatoms. The van der Waals surface area contributed by atoms with Gasteiger partial charge in [-0.25, -0.2) is 4.99 Å². The summed E-state index contributed by atoms with van der Waals surface area (Å²) in [5.41, 5.74) is 1.45. The summed E-state index contributed by atoms with van der Waals surface area (Å²) >= 11 is 1.27. The molecule has 0 spiro atoms. The number of aromatic nitrogens is 1. The zero-order valence-electron chi connectivity index (χ0n) is 9.35. The summed E-state index contributed by atoms with van der Waals surface area (Å²) in [6.07, 6.45) is 1.68. The molecule has 1 aromatic heterocycles. The SMILES string of the molecule is CC(C)c1nsc(/N=C\N(C)C)c1C#N. The van der Waals surface area contributed by atoms with Crippen LogP contribution in [-0.4, -0.2) is 29.7 Å². The van der Waals surface area contributed by atoms with Gasteiger partial charge in [0.05, 0.1) is 12.0 Å². The van der Waals surface area contributed by atoms with E-state index < -0.39 is 0 Å². The second kappa shape index (κ2) is 4.89. The second-order valence-corrected chi connectivity index (χ2v) is 4.47. The van der Waals surface area contributed by atoms with Crippen molar-refractivity contribution in [2.45, 2.75) is 19.8 Å². The van der Waals surface area contributed by atoms with Gasteiger partial charge in [0.15, 0.2) is 5.00 Å². The molecule has 0 aliphatic carbocycles. The Hall–Kier alpha value is -1.41. The minimum absolute atomic E-state index is 0.263. The Kier molecular flexibility index (Phi) is 3.81. The first-order valence-corrected chi connectivity index (χ1v) is 5.44. The fraction of sp³-hybridized carbons (Fsp3) is 0.500. The Morgan fingerprint density at radius 1 is 1.53 bits per heavy atom. The maximum atomic E-state index is 9.03. The fourth-order valence-corrected chi connectivity index (χ4v) is 1.87. The van der Waals surface area contributed by atoms with Crippen LogP contribution in [0.15, 0.2) is 4.99 Å². The molecule has 1 rings (SSSR count). The number of aliphatic imine (C=N–C) groups is 1. The highest BCUT2D eigenvalue weighted by molar-refractivity contribution is 7.10. The number of hydrogen-bond acceptors (Lipinski definition) is 4. The molecule has 1 heterocycles. The fourth-order valence-electron chi connectivity index (χ4n) is 1.05. The molecule has 1 aromatic rings. The summed E-state index contributed by atoms with van der Waals surface area (Å²) in [7, 11) is 3.78. The van der Waals surface area contributed by atoms with Crippen molar-refractivity contribution in [2.75, 3.05) is 14.1 Å². The molecule has 0 unspecified atom stereocenters. The van der Waals surface area contributed by atoms with E-state index in [0.717, 1.165) is 5.69 Å². The summed E-state index contributed by atoms with van der Waals surface area (Å²) in [6.45, 7) is 4.05. The molecule has 80 valence electrons. The molecule has 0 amide bonds. The largest absolute Gasteiger partial charge is 0.369 e. The third-order valence-electron chi connectivity index (χ3n) is 1.77. The van der Waals surface area contributed by atoms with E-state index in [1.165, 1.54) is 11.5 Å². The number of hydrogen-bond donors (Lipinski definition) is 0. The van der Waals surface area contributed by atoms with E-state index in [-0.39, 0.29) is 5.92 Å². The Bertz CT molecular complexity index is 398. The van der Waals surface area contributed by atoms with Gasteiger partial charge in [0.1, 0.15) is 11.6 Å². The normalized spacial score (nSPS) is 10.9. The molecule has 0 radical (unpaired) electrons. The van der Waals surface area contributed by atoms with E-state index in [2.05, 4.69) is 15.4 Å². The van der Waals surface area contributed by atoms with Crippen molar-refractivity contribution in [2.24, 2.45) is 4.99 Å². The monoisotopic (exact) mass is 222 g/mol. The van der Waals surface area contributed by atoms with Crippen LogP contribution in [0.5, 0.6) is 0 Å². The lowest BCUT2D eigenvalue weighted by Gasteiger charge is -2.01. The van der Waals surface area contributed by atoms with Gasteiger partial charge in [-0.15, -0.1) is 0 Å². The van der Waals surface area contributed by atoms with Gasteiger partial charge in [0.2, 0.25) is 0 Å². The first-order valence-electron chi connectivity index (χ1n) is 4.66. The highest BCUT2D eigenvalue weighted by atomic mass is 32.1. The lowest BCUT2D eigenvalue weighted by Crippen LogP contribution is -2.06.